The first-order valence-corrected chi connectivity index (χ1v) is 9.73. The lowest BCUT2D eigenvalue weighted by molar-refractivity contribution is -0.138. The van der Waals surface area contributed by atoms with Crippen molar-refractivity contribution in [1.82, 2.24) is 15.2 Å². The highest BCUT2D eigenvalue weighted by Gasteiger charge is 2.30. The van der Waals surface area contributed by atoms with Crippen molar-refractivity contribution in [3.8, 4) is 5.75 Å². The molecule has 2 amide bonds. The second kappa shape index (κ2) is 9.88. The number of amides is 2. The molecular weight excluding hydrogens is 354 g/mol. The van der Waals surface area contributed by atoms with E-state index in [4.69, 9.17) is 4.74 Å². The molecular formula is C22H27N3O3. The van der Waals surface area contributed by atoms with Gasteiger partial charge in [0.05, 0.1) is 13.0 Å². The van der Waals surface area contributed by atoms with Gasteiger partial charge in [-0.05, 0) is 54.7 Å². The maximum Gasteiger partial charge on any atom is 0.224 e. The van der Waals surface area contributed by atoms with Crippen molar-refractivity contribution in [2.45, 2.75) is 32.2 Å². The van der Waals surface area contributed by atoms with E-state index >= 15 is 0 Å². The van der Waals surface area contributed by atoms with Gasteiger partial charge in [0.2, 0.25) is 11.8 Å². The number of carbonyl (C=O) groups excluding carboxylic acids is 2. The Morgan fingerprint density at radius 2 is 2.07 bits per heavy atom. The van der Waals surface area contributed by atoms with Crippen molar-refractivity contribution in [2.75, 3.05) is 20.2 Å². The zero-order valence-corrected chi connectivity index (χ0v) is 16.3. The number of nitrogens with zero attached hydrogens (tertiary/aromatic N) is 2. The maximum atomic E-state index is 12.5. The Hall–Kier alpha value is -2.89. The highest BCUT2D eigenvalue weighted by Crippen LogP contribution is 2.21. The molecule has 1 aromatic heterocycles. The molecule has 148 valence electrons. The minimum absolute atomic E-state index is 0.0397. The van der Waals surface area contributed by atoms with E-state index in [1.165, 1.54) is 5.56 Å². The lowest BCUT2D eigenvalue weighted by atomic mass is 9.96. The summed E-state index contributed by atoms with van der Waals surface area (Å²) in [6.45, 7) is 1.61. The van der Waals surface area contributed by atoms with E-state index in [-0.39, 0.29) is 17.7 Å². The van der Waals surface area contributed by atoms with Gasteiger partial charge in [0.15, 0.2) is 0 Å². The predicted molar refractivity (Wildman–Crippen MR) is 107 cm³/mol. The lowest BCUT2D eigenvalue weighted by Crippen LogP contribution is -2.45. The van der Waals surface area contributed by atoms with Gasteiger partial charge in [-0.15, -0.1) is 0 Å². The molecule has 1 N–H and O–H groups in total. The van der Waals surface area contributed by atoms with Crippen LogP contribution in [0.2, 0.25) is 0 Å². The van der Waals surface area contributed by atoms with Gasteiger partial charge in [-0.1, -0.05) is 12.1 Å². The Morgan fingerprint density at radius 1 is 1.25 bits per heavy atom. The molecule has 0 radical (unpaired) electrons. The summed E-state index contributed by atoms with van der Waals surface area (Å²) in [6, 6.07) is 11.7. The molecule has 1 aliphatic heterocycles. The molecule has 1 atom stereocenters. The Labute approximate surface area is 165 Å². The summed E-state index contributed by atoms with van der Waals surface area (Å²) in [4.78, 5) is 30.6. The van der Waals surface area contributed by atoms with Crippen LogP contribution in [0.4, 0.5) is 0 Å². The summed E-state index contributed by atoms with van der Waals surface area (Å²) in [5, 5.41) is 3.03. The normalized spacial score (nSPS) is 16.7. The zero-order valence-electron chi connectivity index (χ0n) is 16.3. The third-order valence-corrected chi connectivity index (χ3v) is 5.07. The Bertz CT molecular complexity index is 795. The van der Waals surface area contributed by atoms with E-state index < -0.39 is 0 Å². The summed E-state index contributed by atoms with van der Waals surface area (Å²) in [5.74, 6) is 0.761. The third kappa shape index (κ3) is 5.55. The first kappa shape index (κ1) is 19.9. The second-order valence-corrected chi connectivity index (χ2v) is 7.11. The van der Waals surface area contributed by atoms with Gasteiger partial charge < -0.3 is 15.0 Å². The minimum atomic E-state index is -0.149. The van der Waals surface area contributed by atoms with Crippen LogP contribution in [0.15, 0.2) is 48.8 Å². The molecule has 0 spiro atoms. The monoisotopic (exact) mass is 381 g/mol. The molecule has 0 unspecified atom stereocenters. The van der Waals surface area contributed by atoms with Crippen LogP contribution in [0.3, 0.4) is 0 Å². The Kier molecular flexibility index (Phi) is 7.00. The standard InChI is InChI=1S/C22H27N3O3/c1-28-20-6-2-4-18(14-20)15-25-16-19(7-8-21(25)26)22(27)24-11-3-5-17-9-12-23-13-10-17/h2,4,6,9-10,12-14,19H,3,5,7-8,11,15-16H2,1H3,(H,24,27)/t19-/m1/s1. The van der Waals surface area contributed by atoms with Gasteiger partial charge in [0.1, 0.15) is 5.75 Å². The fourth-order valence-electron chi connectivity index (χ4n) is 3.47. The number of aryl methyl sites for hydroxylation is 1. The molecule has 0 bridgehead atoms. The number of carbonyl (C=O) groups is 2. The van der Waals surface area contributed by atoms with Crippen molar-refractivity contribution < 1.29 is 14.3 Å². The summed E-state index contributed by atoms with van der Waals surface area (Å²) in [7, 11) is 1.63. The van der Waals surface area contributed by atoms with Crippen LogP contribution >= 0.6 is 0 Å². The van der Waals surface area contributed by atoms with E-state index in [1.54, 1.807) is 24.4 Å². The summed E-state index contributed by atoms with van der Waals surface area (Å²) < 4.78 is 5.25. The smallest absolute Gasteiger partial charge is 0.224 e. The van der Waals surface area contributed by atoms with E-state index in [0.717, 1.165) is 24.2 Å². The second-order valence-electron chi connectivity index (χ2n) is 7.11. The van der Waals surface area contributed by atoms with E-state index in [2.05, 4.69) is 10.3 Å². The van der Waals surface area contributed by atoms with Crippen LogP contribution in [0.25, 0.3) is 0 Å². The van der Waals surface area contributed by atoms with Crippen LogP contribution in [-0.2, 0) is 22.6 Å². The average molecular weight is 381 g/mol. The molecule has 0 saturated carbocycles. The molecule has 1 aromatic carbocycles. The van der Waals surface area contributed by atoms with Gasteiger partial charge in [-0.3, -0.25) is 14.6 Å². The van der Waals surface area contributed by atoms with Crippen LogP contribution in [0.1, 0.15) is 30.4 Å². The highest BCUT2D eigenvalue weighted by molar-refractivity contribution is 5.83. The van der Waals surface area contributed by atoms with Crippen molar-refractivity contribution in [3.05, 3.63) is 59.9 Å². The molecule has 6 heteroatoms. The molecule has 2 aromatic rings. The van der Waals surface area contributed by atoms with Crippen LogP contribution < -0.4 is 10.1 Å². The van der Waals surface area contributed by atoms with Gasteiger partial charge >= 0.3 is 0 Å². The first-order valence-electron chi connectivity index (χ1n) is 9.73. The predicted octanol–water partition coefficient (Wildman–Crippen LogP) is 2.58. The molecule has 1 saturated heterocycles. The molecule has 28 heavy (non-hydrogen) atoms. The van der Waals surface area contributed by atoms with Crippen LogP contribution in [0, 0.1) is 5.92 Å². The number of ether oxygens (including phenoxy) is 1. The quantitative estimate of drug-likeness (QED) is 0.714. The molecule has 1 aliphatic rings. The number of piperidine rings is 1. The number of hydrogen-bond donors (Lipinski definition) is 1. The maximum absolute atomic E-state index is 12.5. The first-order chi connectivity index (χ1) is 13.7. The van der Waals surface area contributed by atoms with Crippen molar-refractivity contribution in [1.29, 1.82) is 0 Å². The fraction of sp³-hybridized carbons (Fsp3) is 0.409. The van der Waals surface area contributed by atoms with Crippen molar-refractivity contribution in [2.24, 2.45) is 5.92 Å². The Balaban J connectivity index is 1.47. The summed E-state index contributed by atoms with van der Waals surface area (Å²) in [6.07, 6.45) is 6.39. The number of rotatable bonds is 8. The fourth-order valence-corrected chi connectivity index (χ4v) is 3.47. The van der Waals surface area contributed by atoms with Gasteiger partial charge in [0, 0.05) is 38.4 Å². The number of pyridine rings is 1. The lowest BCUT2D eigenvalue weighted by Gasteiger charge is -2.32. The molecule has 3 rings (SSSR count). The van der Waals surface area contributed by atoms with E-state index in [1.807, 2.05) is 36.4 Å². The summed E-state index contributed by atoms with van der Waals surface area (Å²) in [5.41, 5.74) is 2.23. The highest BCUT2D eigenvalue weighted by atomic mass is 16.5. The van der Waals surface area contributed by atoms with Crippen molar-refractivity contribution in [3.63, 3.8) is 0 Å². The van der Waals surface area contributed by atoms with E-state index in [0.29, 0.717) is 32.5 Å². The van der Waals surface area contributed by atoms with Crippen LogP contribution in [0.5, 0.6) is 5.75 Å². The zero-order chi connectivity index (χ0) is 19.8. The Morgan fingerprint density at radius 3 is 2.86 bits per heavy atom. The van der Waals surface area contributed by atoms with Gasteiger partial charge in [-0.25, -0.2) is 0 Å². The van der Waals surface area contributed by atoms with E-state index in [9.17, 15) is 9.59 Å². The SMILES string of the molecule is COc1cccc(CN2C[C@H](C(=O)NCCCc3ccncc3)CCC2=O)c1. The molecule has 6 nitrogen and oxygen atoms in total. The average Bonchev–Trinajstić information content (AvgIpc) is 2.73. The third-order valence-electron chi connectivity index (χ3n) is 5.07. The van der Waals surface area contributed by atoms with Crippen LogP contribution in [-0.4, -0.2) is 41.9 Å². The minimum Gasteiger partial charge on any atom is -0.497 e. The number of likely N-dealkylation sites (tertiary alicyclic amines) is 1. The molecule has 0 aliphatic carbocycles. The van der Waals surface area contributed by atoms with Gasteiger partial charge in [-0.2, -0.15) is 0 Å². The van der Waals surface area contributed by atoms with Gasteiger partial charge in [0.25, 0.3) is 0 Å². The number of nitrogens with one attached hydrogen (secondary N) is 1. The number of benzene rings is 1. The van der Waals surface area contributed by atoms with Crippen molar-refractivity contribution >= 4 is 11.8 Å². The molecule has 2 heterocycles. The summed E-state index contributed by atoms with van der Waals surface area (Å²) >= 11 is 0. The number of hydrogen-bond acceptors (Lipinski definition) is 4. The topological polar surface area (TPSA) is 71.5 Å². The molecule has 1 fully saturated rings. The number of aromatic nitrogens is 1. The largest absolute Gasteiger partial charge is 0.497 e. The number of methoxy groups -OCH3 is 1.